The van der Waals surface area contributed by atoms with Crippen molar-refractivity contribution in [1.82, 2.24) is 5.32 Å². The van der Waals surface area contributed by atoms with E-state index in [1.807, 2.05) is 0 Å². The number of methoxy groups -OCH3 is 1. The summed E-state index contributed by atoms with van der Waals surface area (Å²) in [6, 6.07) is 10.1. The van der Waals surface area contributed by atoms with Crippen LogP contribution in [0.15, 0.2) is 46.0 Å². The van der Waals surface area contributed by atoms with Gasteiger partial charge < -0.3 is 10.1 Å². The molecule has 0 aliphatic carbocycles. The Morgan fingerprint density at radius 1 is 1.26 bits per heavy atom. The van der Waals surface area contributed by atoms with Gasteiger partial charge in [-0.25, -0.2) is 8.42 Å². The highest BCUT2D eigenvalue weighted by Crippen LogP contribution is 2.32. The van der Waals surface area contributed by atoms with Crippen molar-refractivity contribution < 1.29 is 17.9 Å². The van der Waals surface area contributed by atoms with Crippen molar-refractivity contribution in [2.24, 2.45) is 0 Å². The molecule has 23 heavy (non-hydrogen) atoms. The summed E-state index contributed by atoms with van der Waals surface area (Å²) in [6.45, 7) is 1.77. The average molecular weight is 353 g/mol. The maximum absolute atomic E-state index is 12.9. The summed E-state index contributed by atoms with van der Waals surface area (Å²) in [7, 11) is -2.02. The zero-order valence-corrected chi connectivity index (χ0v) is 14.6. The minimum Gasteiger partial charge on any atom is -0.497 e. The molecule has 124 valence electrons. The Morgan fingerprint density at radius 2 is 1.96 bits per heavy atom. The van der Waals surface area contributed by atoms with E-state index in [2.05, 4.69) is 5.32 Å². The predicted octanol–water partition coefficient (Wildman–Crippen LogP) is 2.80. The number of rotatable bonds is 7. The molecule has 7 heteroatoms. The summed E-state index contributed by atoms with van der Waals surface area (Å²) >= 11 is 1.18. The van der Waals surface area contributed by atoms with Gasteiger partial charge in [0.1, 0.15) is 15.2 Å². The van der Waals surface area contributed by atoms with Gasteiger partial charge in [-0.05, 0) is 29.1 Å². The van der Waals surface area contributed by atoms with E-state index in [-0.39, 0.29) is 12.5 Å². The predicted molar refractivity (Wildman–Crippen MR) is 90.5 cm³/mol. The minimum atomic E-state index is -3.57. The van der Waals surface area contributed by atoms with Crippen molar-refractivity contribution in [2.45, 2.75) is 22.8 Å². The molecule has 0 unspecified atom stereocenters. The lowest BCUT2D eigenvalue weighted by Gasteiger charge is -2.18. The van der Waals surface area contributed by atoms with Gasteiger partial charge in [0.05, 0.1) is 7.11 Å². The van der Waals surface area contributed by atoms with Crippen molar-refractivity contribution in [2.75, 3.05) is 13.7 Å². The molecule has 1 amide bonds. The highest BCUT2D eigenvalue weighted by molar-refractivity contribution is 7.93. The SMILES string of the molecule is CCC(=O)NC[C@@H](c1ccc(OC)cc1)S(=O)(=O)c1cccs1. The summed E-state index contributed by atoms with van der Waals surface area (Å²) in [5.41, 5.74) is 0.621. The highest BCUT2D eigenvalue weighted by atomic mass is 32.2. The van der Waals surface area contributed by atoms with Crippen molar-refractivity contribution >= 4 is 27.1 Å². The number of ether oxygens (including phenoxy) is 1. The molecular formula is C16H19NO4S2. The van der Waals surface area contributed by atoms with Crippen LogP contribution in [0.3, 0.4) is 0 Å². The van der Waals surface area contributed by atoms with Crippen LogP contribution in [-0.4, -0.2) is 28.0 Å². The fraction of sp³-hybridized carbons (Fsp3) is 0.312. The number of amides is 1. The van der Waals surface area contributed by atoms with Crippen LogP contribution in [-0.2, 0) is 14.6 Å². The van der Waals surface area contributed by atoms with Crippen LogP contribution in [0.1, 0.15) is 24.2 Å². The van der Waals surface area contributed by atoms with E-state index in [9.17, 15) is 13.2 Å². The molecule has 1 atom stereocenters. The first-order valence-electron chi connectivity index (χ1n) is 7.17. The van der Waals surface area contributed by atoms with Crippen molar-refractivity contribution in [3.63, 3.8) is 0 Å². The minimum absolute atomic E-state index is 0.0409. The van der Waals surface area contributed by atoms with Gasteiger partial charge >= 0.3 is 0 Å². The molecule has 2 aromatic rings. The molecule has 0 spiro atoms. The molecule has 1 aromatic heterocycles. The van der Waals surface area contributed by atoms with Crippen LogP contribution >= 0.6 is 11.3 Å². The van der Waals surface area contributed by atoms with Gasteiger partial charge in [0, 0.05) is 13.0 Å². The first kappa shape index (κ1) is 17.5. The second kappa shape index (κ2) is 7.61. The molecular weight excluding hydrogens is 334 g/mol. The normalized spacial score (nSPS) is 12.6. The van der Waals surface area contributed by atoms with Crippen LogP contribution in [0.25, 0.3) is 0 Å². The lowest BCUT2D eigenvalue weighted by atomic mass is 10.1. The van der Waals surface area contributed by atoms with Crippen LogP contribution in [0.2, 0.25) is 0 Å². The summed E-state index contributed by atoms with van der Waals surface area (Å²) in [4.78, 5) is 11.5. The molecule has 0 aliphatic rings. The van der Waals surface area contributed by atoms with Gasteiger partial charge in [-0.3, -0.25) is 4.79 Å². The number of thiophene rings is 1. The van der Waals surface area contributed by atoms with Crippen molar-refractivity contribution in [1.29, 1.82) is 0 Å². The molecule has 0 fully saturated rings. The Bertz CT molecular complexity index is 737. The number of carbonyl (C=O) groups is 1. The third-order valence-electron chi connectivity index (χ3n) is 3.44. The number of hydrogen-bond donors (Lipinski definition) is 1. The van der Waals surface area contributed by atoms with Crippen LogP contribution in [0, 0.1) is 0 Å². The molecule has 1 N–H and O–H groups in total. The molecule has 5 nitrogen and oxygen atoms in total. The van der Waals surface area contributed by atoms with Gasteiger partial charge in [-0.1, -0.05) is 25.1 Å². The third kappa shape index (κ3) is 4.11. The Hall–Kier alpha value is -1.86. The molecule has 0 saturated heterocycles. The first-order valence-corrected chi connectivity index (χ1v) is 9.59. The summed E-state index contributed by atoms with van der Waals surface area (Å²) in [5.74, 6) is 0.475. The second-order valence-electron chi connectivity index (χ2n) is 4.90. The molecule has 2 rings (SSSR count). The lowest BCUT2D eigenvalue weighted by Crippen LogP contribution is -2.31. The Kier molecular flexibility index (Phi) is 5.79. The van der Waals surface area contributed by atoms with Gasteiger partial charge in [0.2, 0.25) is 5.91 Å². The average Bonchev–Trinajstić information content (AvgIpc) is 3.10. The molecule has 1 heterocycles. The highest BCUT2D eigenvalue weighted by Gasteiger charge is 2.30. The molecule has 0 radical (unpaired) electrons. The van der Waals surface area contributed by atoms with E-state index in [1.54, 1.807) is 55.8 Å². The number of carbonyl (C=O) groups excluding carboxylic acids is 1. The van der Waals surface area contributed by atoms with E-state index in [4.69, 9.17) is 4.74 Å². The zero-order chi connectivity index (χ0) is 16.9. The molecule has 0 aliphatic heterocycles. The molecule has 0 bridgehead atoms. The van der Waals surface area contributed by atoms with E-state index in [1.165, 1.54) is 11.3 Å². The van der Waals surface area contributed by atoms with E-state index < -0.39 is 15.1 Å². The second-order valence-corrected chi connectivity index (χ2v) is 8.20. The van der Waals surface area contributed by atoms with Crippen LogP contribution in [0.5, 0.6) is 5.75 Å². The Morgan fingerprint density at radius 3 is 2.48 bits per heavy atom. The third-order valence-corrected chi connectivity index (χ3v) is 6.98. The summed E-state index contributed by atoms with van der Waals surface area (Å²) in [5, 5.41) is 3.58. The van der Waals surface area contributed by atoms with E-state index >= 15 is 0 Å². The zero-order valence-electron chi connectivity index (χ0n) is 13.0. The van der Waals surface area contributed by atoms with E-state index in [0.29, 0.717) is 21.9 Å². The Balaban J connectivity index is 2.36. The van der Waals surface area contributed by atoms with Crippen LogP contribution < -0.4 is 10.1 Å². The fourth-order valence-electron chi connectivity index (χ4n) is 2.12. The van der Waals surface area contributed by atoms with Gasteiger partial charge in [-0.2, -0.15) is 0 Å². The smallest absolute Gasteiger partial charge is 0.219 e. The number of nitrogens with one attached hydrogen (secondary N) is 1. The van der Waals surface area contributed by atoms with Gasteiger partial charge in [0.15, 0.2) is 9.84 Å². The van der Waals surface area contributed by atoms with Crippen molar-refractivity contribution in [3.05, 3.63) is 47.3 Å². The summed E-state index contributed by atoms with van der Waals surface area (Å²) < 4.78 is 31.2. The lowest BCUT2D eigenvalue weighted by molar-refractivity contribution is -0.120. The van der Waals surface area contributed by atoms with Gasteiger partial charge in [-0.15, -0.1) is 11.3 Å². The maximum atomic E-state index is 12.9. The van der Waals surface area contributed by atoms with E-state index in [0.717, 1.165) is 0 Å². The fourth-order valence-corrected chi connectivity index (χ4v) is 4.99. The number of sulfone groups is 1. The van der Waals surface area contributed by atoms with Gasteiger partial charge in [0.25, 0.3) is 0 Å². The number of benzene rings is 1. The topological polar surface area (TPSA) is 72.5 Å². The molecule has 0 saturated carbocycles. The quantitative estimate of drug-likeness (QED) is 0.831. The molecule has 1 aromatic carbocycles. The summed E-state index contributed by atoms with van der Waals surface area (Å²) in [6.07, 6.45) is 0.314. The maximum Gasteiger partial charge on any atom is 0.219 e. The van der Waals surface area contributed by atoms with Crippen LogP contribution in [0.4, 0.5) is 0 Å². The standard InChI is InChI=1S/C16H19NO4S2/c1-3-15(18)17-11-14(12-6-8-13(21-2)9-7-12)23(19,20)16-5-4-10-22-16/h4-10,14H,3,11H2,1-2H3,(H,17,18)/t14-/m0/s1. The monoisotopic (exact) mass is 353 g/mol. The first-order chi connectivity index (χ1) is 11.0. The Labute approximate surface area is 140 Å². The largest absolute Gasteiger partial charge is 0.497 e. The number of hydrogen-bond acceptors (Lipinski definition) is 5. The van der Waals surface area contributed by atoms with Crippen molar-refractivity contribution in [3.8, 4) is 5.75 Å².